The number of aromatic nitrogens is 1. The third-order valence-corrected chi connectivity index (χ3v) is 6.26. The van der Waals surface area contributed by atoms with Crippen molar-refractivity contribution in [2.24, 2.45) is 0 Å². The van der Waals surface area contributed by atoms with E-state index in [2.05, 4.69) is 10.3 Å². The van der Waals surface area contributed by atoms with Crippen molar-refractivity contribution in [1.82, 2.24) is 14.8 Å². The molecule has 1 aliphatic heterocycles. The molecule has 0 saturated carbocycles. The zero-order valence-electron chi connectivity index (χ0n) is 15.8. The van der Waals surface area contributed by atoms with Crippen molar-refractivity contribution in [3.05, 3.63) is 75.8 Å². The number of hydrogen-bond donors (Lipinski definition) is 0. The van der Waals surface area contributed by atoms with Gasteiger partial charge in [0.1, 0.15) is 5.01 Å². The third-order valence-electron chi connectivity index (χ3n) is 5.06. The molecule has 4 rings (SSSR count). The Hall–Kier alpha value is -2.21. The van der Waals surface area contributed by atoms with Gasteiger partial charge in [0.25, 0.3) is 5.91 Å². The maximum absolute atomic E-state index is 12.8. The van der Waals surface area contributed by atoms with Crippen molar-refractivity contribution in [2.75, 3.05) is 26.2 Å². The molecule has 0 aliphatic carbocycles. The molecular weight excluding hydrogens is 390 g/mol. The van der Waals surface area contributed by atoms with Gasteiger partial charge in [-0.3, -0.25) is 9.69 Å². The number of amides is 1. The number of benzene rings is 2. The van der Waals surface area contributed by atoms with Crippen LogP contribution in [0, 0.1) is 6.92 Å². The lowest BCUT2D eigenvalue weighted by Gasteiger charge is -2.34. The van der Waals surface area contributed by atoms with Gasteiger partial charge in [0.2, 0.25) is 0 Å². The first kappa shape index (κ1) is 19.1. The second-order valence-electron chi connectivity index (χ2n) is 7.03. The molecule has 28 heavy (non-hydrogen) atoms. The van der Waals surface area contributed by atoms with Gasteiger partial charge in [0.15, 0.2) is 0 Å². The molecule has 6 heteroatoms. The molecular formula is C22H22ClN3OS. The Bertz CT molecular complexity index is 962. The van der Waals surface area contributed by atoms with Gasteiger partial charge in [-0.25, -0.2) is 4.98 Å². The summed E-state index contributed by atoms with van der Waals surface area (Å²) in [6.07, 6.45) is 0. The molecule has 0 atom stereocenters. The normalized spacial score (nSPS) is 15.0. The van der Waals surface area contributed by atoms with Crippen molar-refractivity contribution in [3.63, 3.8) is 0 Å². The van der Waals surface area contributed by atoms with Gasteiger partial charge >= 0.3 is 0 Å². The molecule has 0 radical (unpaired) electrons. The van der Waals surface area contributed by atoms with Crippen molar-refractivity contribution in [2.45, 2.75) is 13.5 Å². The highest BCUT2D eigenvalue weighted by Gasteiger charge is 2.23. The highest BCUT2D eigenvalue weighted by molar-refractivity contribution is 7.13. The minimum absolute atomic E-state index is 0.136. The first-order valence-corrected chi connectivity index (χ1v) is 10.6. The Morgan fingerprint density at radius 2 is 1.79 bits per heavy atom. The fraction of sp³-hybridized carbons (Fsp3) is 0.273. The number of carbonyl (C=O) groups is 1. The van der Waals surface area contributed by atoms with Crippen molar-refractivity contribution < 1.29 is 4.79 Å². The quantitative estimate of drug-likeness (QED) is 0.622. The lowest BCUT2D eigenvalue weighted by atomic mass is 10.1. The van der Waals surface area contributed by atoms with Gasteiger partial charge in [-0.05, 0) is 30.7 Å². The predicted octanol–water partition coefficient (Wildman–Crippen LogP) is 4.73. The van der Waals surface area contributed by atoms with E-state index in [0.29, 0.717) is 0 Å². The van der Waals surface area contributed by atoms with Crippen LogP contribution in [0.3, 0.4) is 0 Å². The van der Waals surface area contributed by atoms with Gasteiger partial charge in [-0.1, -0.05) is 41.9 Å². The van der Waals surface area contributed by atoms with Crippen LogP contribution >= 0.6 is 22.9 Å². The highest BCUT2D eigenvalue weighted by atomic mass is 35.5. The Morgan fingerprint density at radius 3 is 2.50 bits per heavy atom. The minimum atomic E-state index is 0.136. The van der Waals surface area contributed by atoms with E-state index in [-0.39, 0.29) is 5.91 Å². The largest absolute Gasteiger partial charge is 0.336 e. The summed E-state index contributed by atoms with van der Waals surface area (Å²) in [4.78, 5) is 21.8. The molecule has 0 N–H and O–H groups in total. The van der Waals surface area contributed by atoms with Gasteiger partial charge in [0.05, 0.1) is 5.69 Å². The molecule has 1 saturated heterocycles. The number of rotatable bonds is 4. The number of halogens is 1. The monoisotopic (exact) mass is 411 g/mol. The van der Waals surface area contributed by atoms with E-state index < -0.39 is 0 Å². The number of aryl methyl sites for hydroxylation is 1. The first-order chi connectivity index (χ1) is 13.6. The standard InChI is InChI=1S/C22H22ClN3OS/c1-16-4-2-3-5-20(16)22(27)26-12-10-25(11-13-26)14-19-15-28-21(24-19)17-6-8-18(23)9-7-17/h2-9,15H,10-14H2,1H3. The summed E-state index contributed by atoms with van der Waals surface area (Å²) < 4.78 is 0. The summed E-state index contributed by atoms with van der Waals surface area (Å²) in [5.41, 5.74) is 4.01. The second-order valence-corrected chi connectivity index (χ2v) is 8.33. The zero-order valence-corrected chi connectivity index (χ0v) is 17.3. The number of hydrogen-bond acceptors (Lipinski definition) is 4. The van der Waals surface area contributed by atoms with Crippen LogP contribution in [0.25, 0.3) is 10.6 Å². The number of piperazine rings is 1. The van der Waals surface area contributed by atoms with Gasteiger partial charge in [-0.15, -0.1) is 11.3 Å². The molecule has 0 unspecified atom stereocenters. The van der Waals surface area contributed by atoms with E-state index in [0.717, 1.165) is 65.1 Å². The van der Waals surface area contributed by atoms with Crippen LogP contribution in [-0.2, 0) is 6.54 Å². The maximum atomic E-state index is 12.8. The minimum Gasteiger partial charge on any atom is -0.336 e. The molecule has 1 fully saturated rings. The van der Waals surface area contributed by atoms with E-state index in [1.807, 2.05) is 60.4 Å². The van der Waals surface area contributed by atoms with Crippen LogP contribution in [0.4, 0.5) is 0 Å². The van der Waals surface area contributed by atoms with Crippen LogP contribution in [0.2, 0.25) is 5.02 Å². The molecule has 2 heterocycles. The van der Waals surface area contributed by atoms with E-state index in [9.17, 15) is 4.79 Å². The molecule has 1 amide bonds. The SMILES string of the molecule is Cc1ccccc1C(=O)N1CCN(Cc2csc(-c3ccc(Cl)cc3)n2)CC1. The topological polar surface area (TPSA) is 36.4 Å². The molecule has 1 aliphatic rings. The van der Waals surface area contributed by atoms with Crippen molar-refractivity contribution in [1.29, 1.82) is 0 Å². The van der Waals surface area contributed by atoms with Gasteiger partial charge in [-0.2, -0.15) is 0 Å². The Morgan fingerprint density at radius 1 is 1.07 bits per heavy atom. The molecule has 144 valence electrons. The van der Waals surface area contributed by atoms with E-state index in [1.165, 1.54) is 0 Å². The summed E-state index contributed by atoms with van der Waals surface area (Å²) in [6, 6.07) is 15.6. The zero-order chi connectivity index (χ0) is 19.5. The molecule has 2 aromatic carbocycles. The average molecular weight is 412 g/mol. The fourth-order valence-electron chi connectivity index (χ4n) is 3.43. The Labute approximate surface area is 174 Å². The summed E-state index contributed by atoms with van der Waals surface area (Å²) in [5, 5.41) is 3.87. The lowest BCUT2D eigenvalue weighted by Crippen LogP contribution is -2.48. The third kappa shape index (κ3) is 4.27. The summed E-state index contributed by atoms with van der Waals surface area (Å²) in [5.74, 6) is 0.136. The van der Waals surface area contributed by atoms with Crippen LogP contribution in [0.5, 0.6) is 0 Å². The number of thiazole rings is 1. The van der Waals surface area contributed by atoms with Gasteiger partial charge in [0, 0.05) is 54.3 Å². The molecule has 0 spiro atoms. The lowest BCUT2D eigenvalue weighted by molar-refractivity contribution is 0.0626. The fourth-order valence-corrected chi connectivity index (χ4v) is 4.37. The average Bonchev–Trinajstić information content (AvgIpc) is 3.17. The Balaban J connectivity index is 1.34. The summed E-state index contributed by atoms with van der Waals surface area (Å²) in [7, 11) is 0. The van der Waals surface area contributed by atoms with E-state index in [1.54, 1.807) is 11.3 Å². The van der Waals surface area contributed by atoms with E-state index >= 15 is 0 Å². The molecule has 3 aromatic rings. The highest BCUT2D eigenvalue weighted by Crippen LogP contribution is 2.26. The molecule has 1 aromatic heterocycles. The summed E-state index contributed by atoms with van der Waals surface area (Å²) >= 11 is 7.62. The predicted molar refractivity (Wildman–Crippen MR) is 115 cm³/mol. The van der Waals surface area contributed by atoms with Crippen molar-refractivity contribution in [3.8, 4) is 10.6 Å². The smallest absolute Gasteiger partial charge is 0.254 e. The number of carbonyl (C=O) groups excluding carboxylic acids is 1. The van der Waals surface area contributed by atoms with Crippen LogP contribution in [0.1, 0.15) is 21.6 Å². The first-order valence-electron chi connectivity index (χ1n) is 9.38. The van der Waals surface area contributed by atoms with Gasteiger partial charge < -0.3 is 4.90 Å². The molecule has 0 bridgehead atoms. The van der Waals surface area contributed by atoms with Crippen molar-refractivity contribution >= 4 is 28.8 Å². The van der Waals surface area contributed by atoms with Crippen LogP contribution in [0.15, 0.2) is 53.9 Å². The Kier molecular flexibility index (Phi) is 5.76. The summed E-state index contributed by atoms with van der Waals surface area (Å²) in [6.45, 7) is 6.04. The number of nitrogens with zero attached hydrogens (tertiary/aromatic N) is 3. The molecule has 4 nitrogen and oxygen atoms in total. The maximum Gasteiger partial charge on any atom is 0.254 e. The van der Waals surface area contributed by atoms with E-state index in [4.69, 9.17) is 16.6 Å². The van der Waals surface area contributed by atoms with Crippen LogP contribution in [-0.4, -0.2) is 46.9 Å². The van der Waals surface area contributed by atoms with Crippen LogP contribution < -0.4 is 0 Å². The second kappa shape index (κ2) is 8.43.